The third-order valence-electron chi connectivity index (χ3n) is 5.10. The van der Waals surface area contributed by atoms with Crippen molar-refractivity contribution in [2.24, 2.45) is 0 Å². The molecule has 1 fully saturated rings. The molecule has 2 aromatic carbocycles. The molecule has 1 unspecified atom stereocenters. The zero-order valence-corrected chi connectivity index (χ0v) is 19.8. The van der Waals surface area contributed by atoms with Crippen LogP contribution in [0.2, 0.25) is 0 Å². The summed E-state index contributed by atoms with van der Waals surface area (Å²) in [6.45, 7) is 9.21. The molecule has 0 saturated carbocycles. The number of nitrogens with zero attached hydrogens (tertiary/aromatic N) is 2. The molecule has 1 N–H and O–H groups in total. The number of hydrogen-bond acceptors (Lipinski definition) is 5. The minimum Gasteiger partial charge on any atom is -0.444 e. The van der Waals surface area contributed by atoms with Crippen LogP contribution in [0.1, 0.15) is 32.4 Å². The molecule has 9 heteroatoms. The van der Waals surface area contributed by atoms with Gasteiger partial charge in [-0.2, -0.15) is 4.31 Å². The van der Waals surface area contributed by atoms with Gasteiger partial charge in [0.1, 0.15) is 5.60 Å². The van der Waals surface area contributed by atoms with Gasteiger partial charge in [-0.1, -0.05) is 36.9 Å². The van der Waals surface area contributed by atoms with Gasteiger partial charge in [-0.3, -0.25) is 9.69 Å². The fraction of sp³-hybridized carbons (Fsp3) is 0.333. The molecule has 0 bridgehead atoms. The molecular weight excluding hydrogens is 442 g/mol. The van der Waals surface area contributed by atoms with E-state index < -0.39 is 27.8 Å². The Morgan fingerprint density at radius 3 is 2.27 bits per heavy atom. The van der Waals surface area contributed by atoms with E-state index in [1.165, 1.54) is 28.6 Å². The molecule has 1 heterocycles. The van der Waals surface area contributed by atoms with E-state index in [4.69, 9.17) is 4.74 Å². The SMILES string of the molecule is C=CC(=O)Nc1ccc(S(=O)(=O)N2CCN(C(=O)OC(C)(C)C)C(c3ccccc3)C2)cc1. The van der Waals surface area contributed by atoms with Crippen LogP contribution in [0.4, 0.5) is 10.5 Å². The first-order valence-corrected chi connectivity index (χ1v) is 12.0. The highest BCUT2D eigenvalue weighted by Crippen LogP contribution is 2.30. The summed E-state index contributed by atoms with van der Waals surface area (Å²) in [6, 6.07) is 14.8. The van der Waals surface area contributed by atoms with Gasteiger partial charge in [0.05, 0.1) is 10.9 Å². The molecule has 33 heavy (non-hydrogen) atoms. The molecule has 1 aliphatic rings. The van der Waals surface area contributed by atoms with E-state index in [0.29, 0.717) is 5.69 Å². The lowest BCUT2D eigenvalue weighted by Crippen LogP contribution is -2.53. The van der Waals surface area contributed by atoms with Crippen molar-refractivity contribution >= 4 is 27.7 Å². The fourth-order valence-electron chi connectivity index (χ4n) is 3.53. The van der Waals surface area contributed by atoms with Crippen LogP contribution < -0.4 is 5.32 Å². The Bertz CT molecular complexity index is 1110. The van der Waals surface area contributed by atoms with Crippen LogP contribution >= 0.6 is 0 Å². The van der Waals surface area contributed by atoms with Gasteiger partial charge < -0.3 is 10.1 Å². The Morgan fingerprint density at radius 2 is 1.70 bits per heavy atom. The van der Waals surface area contributed by atoms with Crippen LogP contribution in [0.3, 0.4) is 0 Å². The van der Waals surface area contributed by atoms with E-state index in [0.717, 1.165) is 11.6 Å². The summed E-state index contributed by atoms with van der Waals surface area (Å²) < 4.78 is 33.6. The number of piperazine rings is 1. The third-order valence-corrected chi connectivity index (χ3v) is 6.98. The van der Waals surface area contributed by atoms with Crippen molar-refractivity contribution in [3.63, 3.8) is 0 Å². The third kappa shape index (κ3) is 6.00. The van der Waals surface area contributed by atoms with E-state index in [1.807, 2.05) is 30.3 Å². The molecular formula is C24H29N3O5S. The predicted molar refractivity (Wildman–Crippen MR) is 126 cm³/mol. The van der Waals surface area contributed by atoms with Crippen molar-refractivity contribution in [3.05, 3.63) is 72.8 Å². The molecule has 1 aliphatic heterocycles. The van der Waals surface area contributed by atoms with Crippen LogP contribution in [0, 0.1) is 0 Å². The number of amides is 2. The van der Waals surface area contributed by atoms with Gasteiger partial charge in [-0.15, -0.1) is 0 Å². The van der Waals surface area contributed by atoms with Gasteiger partial charge in [0.25, 0.3) is 0 Å². The van der Waals surface area contributed by atoms with Crippen molar-refractivity contribution < 1.29 is 22.7 Å². The van der Waals surface area contributed by atoms with Gasteiger partial charge in [0.2, 0.25) is 15.9 Å². The summed E-state index contributed by atoms with van der Waals surface area (Å²) in [5, 5.41) is 2.59. The number of anilines is 1. The van der Waals surface area contributed by atoms with Crippen molar-refractivity contribution in [3.8, 4) is 0 Å². The van der Waals surface area contributed by atoms with Gasteiger partial charge in [-0.25, -0.2) is 13.2 Å². The molecule has 2 aromatic rings. The van der Waals surface area contributed by atoms with Crippen LogP contribution in [0.5, 0.6) is 0 Å². The number of rotatable bonds is 5. The van der Waals surface area contributed by atoms with Crippen molar-refractivity contribution in [1.82, 2.24) is 9.21 Å². The smallest absolute Gasteiger partial charge is 0.410 e. The van der Waals surface area contributed by atoms with Crippen LogP contribution in [0.25, 0.3) is 0 Å². The maximum absolute atomic E-state index is 13.3. The van der Waals surface area contributed by atoms with E-state index >= 15 is 0 Å². The molecule has 176 valence electrons. The Morgan fingerprint density at radius 1 is 1.06 bits per heavy atom. The van der Waals surface area contributed by atoms with Gasteiger partial charge in [-0.05, 0) is 56.7 Å². The predicted octanol–water partition coefficient (Wildman–Crippen LogP) is 3.79. The van der Waals surface area contributed by atoms with E-state index in [2.05, 4.69) is 11.9 Å². The molecule has 0 aliphatic carbocycles. The number of hydrogen-bond donors (Lipinski definition) is 1. The normalized spacial score (nSPS) is 17.3. The van der Waals surface area contributed by atoms with E-state index in [9.17, 15) is 18.0 Å². The number of benzene rings is 2. The average Bonchev–Trinajstić information content (AvgIpc) is 2.78. The number of sulfonamides is 1. The van der Waals surface area contributed by atoms with Crippen molar-refractivity contribution in [2.45, 2.75) is 37.3 Å². The second-order valence-electron chi connectivity index (χ2n) is 8.68. The second-order valence-corrected chi connectivity index (χ2v) is 10.6. The molecule has 8 nitrogen and oxygen atoms in total. The second kappa shape index (κ2) is 9.76. The lowest BCUT2D eigenvalue weighted by molar-refractivity contribution is -0.111. The molecule has 3 rings (SSSR count). The number of carbonyl (C=O) groups excluding carboxylic acids is 2. The highest BCUT2D eigenvalue weighted by atomic mass is 32.2. The highest BCUT2D eigenvalue weighted by Gasteiger charge is 2.38. The monoisotopic (exact) mass is 471 g/mol. The number of ether oxygens (including phenoxy) is 1. The molecule has 2 amide bonds. The Hall–Kier alpha value is -3.17. The molecule has 0 spiro atoms. The maximum Gasteiger partial charge on any atom is 0.410 e. The standard InChI is InChI=1S/C24H29N3O5S/c1-5-22(28)25-19-11-13-20(14-12-19)33(30,31)26-15-16-27(23(29)32-24(2,3)4)21(17-26)18-9-7-6-8-10-18/h5-14,21H,1,15-17H2,2-4H3,(H,25,28). The van der Waals surface area contributed by atoms with E-state index in [-0.39, 0.29) is 30.4 Å². The van der Waals surface area contributed by atoms with Crippen LogP contribution in [-0.2, 0) is 19.6 Å². The highest BCUT2D eigenvalue weighted by molar-refractivity contribution is 7.89. The summed E-state index contributed by atoms with van der Waals surface area (Å²) in [6.07, 6.45) is 0.661. The largest absolute Gasteiger partial charge is 0.444 e. The average molecular weight is 472 g/mol. The van der Waals surface area contributed by atoms with Gasteiger partial charge in [0, 0.05) is 25.3 Å². The summed E-state index contributed by atoms with van der Waals surface area (Å²) >= 11 is 0. The Kier molecular flexibility index (Phi) is 7.24. The molecule has 1 saturated heterocycles. The summed E-state index contributed by atoms with van der Waals surface area (Å²) in [4.78, 5) is 26.0. The summed E-state index contributed by atoms with van der Waals surface area (Å²) in [7, 11) is -3.82. The Balaban J connectivity index is 1.85. The molecule has 0 aromatic heterocycles. The van der Waals surface area contributed by atoms with Crippen LogP contribution in [0.15, 0.2) is 72.1 Å². The first kappa shape index (κ1) is 24.5. The van der Waals surface area contributed by atoms with Gasteiger partial charge in [0.15, 0.2) is 0 Å². The number of carbonyl (C=O) groups is 2. The lowest BCUT2D eigenvalue weighted by Gasteiger charge is -2.41. The summed E-state index contributed by atoms with van der Waals surface area (Å²) in [5.41, 5.74) is 0.631. The fourth-order valence-corrected chi connectivity index (χ4v) is 4.97. The van der Waals surface area contributed by atoms with Crippen molar-refractivity contribution in [2.75, 3.05) is 25.0 Å². The van der Waals surface area contributed by atoms with E-state index in [1.54, 1.807) is 25.7 Å². The quantitative estimate of drug-likeness (QED) is 0.670. The zero-order chi connectivity index (χ0) is 24.2. The van der Waals surface area contributed by atoms with Gasteiger partial charge >= 0.3 is 6.09 Å². The first-order chi connectivity index (χ1) is 15.5. The lowest BCUT2D eigenvalue weighted by atomic mass is 10.0. The molecule has 0 radical (unpaired) electrons. The maximum atomic E-state index is 13.3. The zero-order valence-electron chi connectivity index (χ0n) is 19.0. The van der Waals surface area contributed by atoms with Crippen LogP contribution in [-0.4, -0.2) is 54.9 Å². The number of nitrogens with one attached hydrogen (secondary N) is 1. The Labute approximate surface area is 194 Å². The first-order valence-electron chi connectivity index (χ1n) is 10.6. The van der Waals surface area contributed by atoms with Crippen molar-refractivity contribution in [1.29, 1.82) is 0 Å². The molecule has 1 atom stereocenters. The summed E-state index contributed by atoms with van der Waals surface area (Å²) in [5.74, 6) is -0.380. The minimum atomic E-state index is -3.82. The minimum absolute atomic E-state index is 0.0978. The topological polar surface area (TPSA) is 96.0 Å².